The second-order valence-electron chi connectivity index (χ2n) is 7.30. The van der Waals surface area contributed by atoms with Crippen LogP contribution in [0.25, 0.3) is 0 Å². The van der Waals surface area contributed by atoms with Crippen molar-refractivity contribution in [2.24, 2.45) is 17.8 Å². The van der Waals surface area contributed by atoms with E-state index in [4.69, 9.17) is 5.11 Å². The Kier molecular flexibility index (Phi) is 5.06. The first-order valence-electron chi connectivity index (χ1n) is 8.86. The highest BCUT2D eigenvalue weighted by Gasteiger charge is 2.40. The molecule has 2 bridgehead atoms. The predicted octanol–water partition coefficient (Wildman–Crippen LogP) is 2.65. The number of benzene rings is 1. The van der Waals surface area contributed by atoms with Crippen LogP contribution in [0.2, 0.25) is 0 Å². The number of fused-ring (bicyclic) bond motifs is 2. The molecule has 6 heteroatoms. The van der Waals surface area contributed by atoms with Gasteiger partial charge in [0.05, 0.1) is 0 Å². The largest absolute Gasteiger partial charge is 0.480 e. The van der Waals surface area contributed by atoms with Gasteiger partial charge in [0.2, 0.25) is 5.91 Å². The number of rotatable bonds is 6. The summed E-state index contributed by atoms with van der Waals surface area (Å²) in [5.41, 5.74) is 1.01. The van der Waals surface area contributed by atoms with Crippen molar-refractivity contribution in [1.82, 2.24) is 5.32 Å². The quantitative estimate of drug-likeness (QED) is 0.739. The highest BCUT2D eigenvalue weighted by molar-refractivity contribution is 5.97. The lowest BCUT2D eigenvalue weighted by molar-refractivity contribution is -0.138. The summed E-state index contributed by atoms with van der Waals surface area (Å²) >= 11 is 0. The Labute approximate surface area is 147 Å². The number of anilines is 1. The smallest absolute Gasteiger partial charge is 0.325 e. The summed E-state index contributed by atoms with van der Waals surface area (Å²) in [6.45, 7) is 1.41. The van der Waals surface area contributed by atoms with Crippen LogP contribution >= 0.6 is 0 Å². The molecule has 2 aliphatic rings. The predicted molar refractivity (Wildman–Crippen MR) is 93.2 cm³/mol. The summed E-state index contributed by atoms with van der Waals surface area (Å²) in [6.07, 6.45) is 5.63. The number of carboxylic acids is 1. The van der Waals surface area contributed by atoms with Crippen molar-refractivity contribution in [3.63, 3.8) is 0 Å². The van der Waals surface area contributed by atoms with Crippen LogP contribution in [0.3, 0.4) is 0 Å². The molecular formula is C19H24N2O4. The monoisotopic (exact) mass is 344 g/mol. The molecule has 4 unspecified atom stereocenters. The van der Waals surface area contributed by atoms with E-state index in [0.29, 0.717) is 23.6 Å². The summed E-state index contributed by atoms with van der Waals surface area (Å²) in [6, 6.07) is 5.54. The minimum atomic E-state index is -1.09. The summed E-state index contributed by atoms with van der Waals surface area (Å²) in [5.74, 6) is 0.551. The first-order valence-corrected chi connectivity index (χ1v) is 8.86. The standard InChI is InChI=1S/C19H24N2O4/c1-11(19(24)25)20-18(23)13-4-6-16(7-5-13)21-17(22)10-15-9-12-2-3-14(15)8-12/h4-7,11-12,14-15H,2-3,8-10H2,1H3,(H,20,23)(H,21,22)(H,24,25). The number of amides is 2. The number of carbonyl (C=O) groups excluding carboxylic acids is 2. The van der Waals surface area contributed by atoms with Crippen LogP contribution in [0.5, 0.6) is 0 Å². The van der Waals surface area contributed by atoms with E-state index >= 15 is 0 Å². The minimum Gasteiger partial charge on any atom is -0.480 e. The molecule has 1 aromatic carbocycles. The van der Waals surface area contributed by atoms with Gasteiger partial charge < -0.3 is 15.7 Å². The van der Waals surface area contributed by atoms with Gasteiger partial charge in [-0.25, -0.2) is 0 Å². The van der Waals surface area contributed by atoms with Gasteiger partial charge in [-0.3, -0.25) is 14.4 Å². The number of nitrogens with one attached hydrogen (secondary N) is 2. The van der Waals surface area contributed by atoms with E-state index in [0.717, 1.165) is 11.8 Å². The third kappa shape index (κ3) is 4.18. The lowest BCUT2D eigenvalue weighted by Gasteiger charge is -2.20. The van der Waals surface area contributed by atoms with Gasteiger partial charge in [-0.2, -0.15) is 0 Å². The summed E-state index contributed by atoms with van der Waals surface area (Å²) in [7, 11) is 0. The molecule has 0 heterocycles. The molecule has 25 heavy (non-hydrogen) atoms. The second-order valence-corrected chi connectivity index (χ2v) is 7.30. The van der Waals surface area contributed by atoms with Gasteiger partial charge in [0.15, 0.2) is 0 Å². The molecule has 4 atom stereocenters. The van der Waals surface area contributed by atoms with Gasteiger partial charge in [0, 0.05) is 17.7 Å². The van der Waals surface area contributed by atoms with Crippen molar-refractivity contribution < 1.29 is 19.5 Å². The Hall–Kier alpha value is -2.37. The second kappa shape index (κ2) is 7.25. The van der Waals surface area contributed by atoms with E-state index in [2.05, 4.69) is 10.6 Å². The summed E-state index contributed by atoms with van der Waals surface area (Å²) in [5, 5.41) is 14.1. The maximum Gasteiger partial charge on any atom is 0.325 e. The molecule has 134 valence electrons. The SMILES string of the molecule is CC(NC(=O)c1ccc(NC(=O)CC2CC3CCC2C3)cc1)C(=O)O. The fourth-order valence-corrected chi connectivity index (χ4v) is 4.12. The lowest BCUT2D eigenvalue weighted by Crippen LogP contribution is -2.38. The first kappa shape index (κ1) is 17.5. The van der Waals surface area contributed by atoms with Crippen LogP contribution in [-0.4, -0.2) is 28.9 Å². The van der Waals surface area contributed by atoms with Crippen LogP contribution in [0.15, 0.2) is 24.3 Å². The third-order valence-electron chi connectivity index (χ3n) is 5.48. The molecule has 2 saturated carbocycles. The summed E-state index contributed by atoms with van der Waals surface area (Å²) < 4.78 is 0. The minimum absolute atomic E-state index is 0.0225. The average molecular weight is 344 g/mol. The Morgan fingerprint density at radius 3 is 2.44 bits per heavy atom. The summed E-state index contributed by atoms with van der Waals surface area (Å²) in [4.78, 5) is 34.9. The third-order valence-corrected chi connectivity index (χ3v) is 5.48. The maximum absolute atomic E-state index is 12.2. The van der Waals surface area contributed by atoms with E-state index in [1.807, 2.05) is 0 Å². The topological polar surface area (TPSA) is 95.5 Å². The van der Waals surface area contributed by atoms with Gasteiger partial charge in [-0.15, -0.1) is 0 Å². The number of hydrogen-bond donors (Lipinski definition) is 3. The Morgan fingerprint density at radius 2 is 1.88 bits per heavy atom. The van der Waals surface area contributed by atoms with E-state index in [9.17, 15) is 14.4 Å². The van der Waals surface area contributed by atoms with Gasteiger partial charge in [-0.05, 0) is 68.2 Å². The van der Waals surface area contributed by atoms with Crippen LogP contribution < -0.4 is 10.6 Å². The van der Waals surface area contributed by atoms with Crippen molar-refractivity contribution >= 4 is 23.5 Å². The molecule has 0 spiro atoms. The molecule has 3 rings (SSSR count). The van der Waals surface area contributed by atoms with Crippen molar-refractivity contribution in [3.8, 4) is 0 Å². The molecule has 1 aromatic rings. The zero-order chi connectivity index (χ0) is 18.0. The Balaban J connectivity index is 1.51. The van der Waals surface area contributed by atoms with E-state index in [1.54, 1.807) is 24.3 Å². The molecular weight excluding hydrogens is 320 g/mol. The Morgan fingerprint density at radius 1 is 1.16 bits per heavy atom. The Bertz CT molecular complexity index is 671. The first-order chi connectivity index (χ1) is 11.9. The number of aliphatic carboxylic acids is 1. The zero-order valence-electron chi connectivity index (χ0n) is 14.3. The van der Waals surface area contributed by atoms with Crippen LogP contribution in [-0.2, 0) is 9.59 Å². The molecule has 0 saturated heterocycles. The van der Waals surface area contributed by atoms with Crippen LogP contribution in [0.1, 0.15) is 49.4 Å². The van der Waals surface area contributed by atoms with Crippen molar-refractivity contribution in [1.29, 1.82) is 0 Å². The van der Waals surface area contributed by atoms with Gasteiger partial charge in [-0.1, -0.05) is 6.42 Å². The van der Waals surface area contributed by atoms with E-state index < -0.39 is 17.9 Å². The number of carboxylic acid groups (broad SMARTS) is 1. The van der Waals surface area contributed by atoms with Crippen LogP contribution in [0.4, 0.5) is 5.69 Å². The fraction of sp³-hybridized carbons (Fsp3) is 0.526. The fourth-order valence-electron chi connectivity index (χ4n) is 4.12. The highest BCUT2D eigenvalue weighted by atomic mass is 16.4. The molecule has 2 aliphatic carbocycles. The van der Waals surface area contributed by atoms with Gasteiger partial charge in [0.25, 0.3) is 5.91 Å². The van der Waals surface area contributed by atoms with Crippen molar-refractivity contribution in [3.05, 3.63) is 29.8 Å². The lowest BCUT2D eigenvalue weighted by atomic mass is 9.86. The molecule has 2 fully saturated rings. The normalized spacial score (nSPS) is 25.4. The van der Waals surface area contributed by atoms with Gasteiger partial charge in [0.1, 0.15) is 6.04 Å². The van der Waals surface area contributed by atoms with E-state index in [1.165, 1.54) is 32.6 Å². The maximum atomic E-state index is 12.2. The zero-order valence-corrected chi connectivity index (χ0v) is 14.3. The highest BCUT2D eigenvalue weighted by Crippen LogP contribution is 2.49. The van der Waals surface area contributed by atoms with Crippen molar-refractivity contribution in [2.45, 2.75) is 45.1 Å². The molecule has 0 aromatic heterocycles. The van der Waals surface area contributed by atoms with Crippen LogP contribution in [0, 0.1) is 17.8 Å². The van der Waals surface area contributed by atoms with Gasteiger partial charge >= 0.3 is 5.97 Å². The molecule has 0 aliphatic heterocycles. The molecule has 2 amide bonds. The average Bonchev–Trinajstić information content (AvgIpc) is 3.18. The number of hydrogen-bond acceptors (Lipinski definition) is 3. The van der Waals surface area contributed by atoms with Crippen molar-refractivity contribution in [2.75, 3.05) is 5.32 Å². The molecule has 6 nitrogen and oxygen atoms in total. The van der Waals surface area contributed by atoms with E-state index in [-0.39, 0.29) is 5.91 Å². The number of carbonyl (C=O) groups is 3. The molecule has 0 radical (unpaired) electrons. The molecule has 3 N–H and O–H groups in total.